The summed E-state index contributed by atoms with van der Waals surface area (Å²) >= 11 is 0. The van der Waals surface area contributed by atoms with Gasteiger partial charge in [0.2, 0.25) is 0 Å². The van der Waals surface area contributed by atoms with E-state index in [2.05, 4.69) is 0 Å². The first kappa shape index (κ1) is 13.9. The normalized spacial score (nSPS) is 9.68. The molecular weight excluding hydrogens is 264 g/mol. The van der Waals surface area contributed by atoms with Gasteiger partial charge in [-0.3, -0.25) is 14.9 Å². The minimum absolute atomic E-state index is 0.577. The summed E-state index contributed by atoms with van der Waals surface area (Å²) in [6, 6.07) is 1.22. The first-order chi connectivity index (χ1) is 8.73. The zero-order valence-corrected chi connectivity index (χ0v) is 8.98. The molecule has 4 N–H and O–H groups in total. The summed E-state index contributed by atoms with van der Waals surface area (Å²) in [5, 5.41) is 38.8. The fourth-order valence-corrected chi connectivity index (χ4v) is 1.16. The molecule has 0 spiro atoms. The summed E-state index contributed by atoms with van der Waals surface area (Å²) in [5.41, 5.74) is -2.25. The lowest BCUT2D eigenvalue weighted by atomic mass is 10.1. The van der Waals surface area contributed by atoms with Crippen molar-refractivity contribution < 1.29 is 34.6 Å². The number of aliphatic carboxylic acids is 1. The number of hydrogen-bond acceptors (Lipinski definition) is 6. The van der Waals surface area contributed by atoms with Crippen LogP contribution in [0, 0.1) is 10.1 Å². The van der Waals surface area contributed by atoms with E-state index < -0.39 is 45.5 Å². The van der Waals surface area contributed by atoms with E-state index in [0.717, 1.165) is 0 Å². The first-order valence-corrected chi connectivity index (χ1v) is 4.53. The van der Waals surface area contributed by atoms with Crippen LogP contribution < -0.4 is 5.32 Å². The van der Waals surface area contributed by atoms with Crippen LogP contribution in [-0.2, 0) is 9.59 Å². The number of amides is 1. The highest BCUT2D eigenvalue weighted by Gasteiger charge is 2.23. The molecule has 0 aromatic heterocycles. The first-order valence-electron chi connectivity index (χ1n) is 4.53. The van der Waals surface area contributed by atoms with Gasteiger partial charge in [0, 0.05) is 12.1 Å². The van der Waals surface area contributed by atoms with Crippen molar-refractivity contribution in [2.75, 3.05) is 5.32 Å². The molecule has 0 saturated carbocycles. The Labute approximate surface area is 104 Å². The number of nitro groups is 1. The van der Waals surface area contributed by atoms with Gasteiger partial charge in [0.25, 0.3) is 5.69 Å². The number of rotatable bonds is 3. The predicted molar refractivity (Wildman–Crippen MR) is 58.0 cm³/mol. The van der Waals surface area contributed by atoms with Crippen LogP contribution in [-0.4, -0.2) is 38.1 Å². The smallest absolute Gasteiger partial charge is 0.394 e. The molecule has 10 heteroatoms. The van der Waals surface area contributed by atoms with Gasteiger partial charge >= 0.3 is 17.8 Å². The average molecular weight is 270 g/mol. The van der Waals surface area contributed by atoms with Crippen LogP contribution in [0.2, 0.25) is 0 Å². The highest BCUT2D eigenvalue weighted by Crippen LogP contribution is 2.32. The third-order valence-electron chi connectivity index (χ3n) is 1.98. The molecule has 100 valence electrons. The number of non-ortho nitro benzene ring substituents is 1. The molecule has 19 heavy (non-hydrogen) atoms. The van der Waals surface area contributed by atoms with E-state index >= 15 is 0 Å². The number of phenols is 1. The Morgan fingerprint density at radius 3 is 2.21 bits per heavy atom. The summed E-state index contributed by atoms with van der Waals surface area (Å²) in [7, 11) is 0. The Hall–Kier alpha value is -3.17. The highest BCUT2D eigenvalue weighted by atomic mass is 16.6. The number of hydrogen-bond donors (Lipinski definition) is 4. The van der Waals surface area contributed by atoms with Gasteiger partial charge in [-0.15, -0.1) is 0 Å². The Kier molecular flexibility index (Phi) is 3.65. The molecule has 1 aromatic carbocycles. The van der Waals surface area contributed by atoms with Crippen molar-refractivity contribution in [1.29, 1.82) is 0 Å². The number of nitrogens with zero attached hydrogens (tertiary/aromatic N) is 1. The number of aromatic hydroxyl groups is 1. The summed E-state index contributed by atoms with van der Waals surface area (Å²) in [6.07, 6.45) is 0. The van der Waals surface area contributed by atoms with E-state index in [1.54, 1.807) is 5.32 Å². The zero-order chi connectivity index (χ0) is 14.7. The van der Waals surface area contributed by atoms with Crippen LogP contribution in [0.15, 0.2) is 12.1 Å². The van der Waals surface area contributed by atoms with Crippen LogP contribution in [0.3, 0.4) is 0 Å². The third kappa shape index (κ3) is 2.94. The lowest BCUT2D eigenvalue weighted by Gasteiger charge is -2.07. The van der Waals surface area contributed by atoms with Crippen molar-refractivity contribution in [3.8, 4) is 5.75 Å². The monoisotopic (exact) mass is 270 g/mol. The fraction of sp³-hybridized carbons (Fsp3) is 0. The number of carbonyl (C=O) groups excluding carboxylic acids is 1. The topological polar surface area (TPSA) is 167 Å². The van der Waals surface area contributed by atoms with Crippen molar-refractivity contribution in [3.05, 3.63) is 27.8 Å². The third-order valence-corrected chi connectivity index (χ3v) is 1.98. The van der Waals surface area contributed by atoms with Crippen LogP contribution in [0.25, 0.3) is 0 Å². The molecule has 0 aliphatic heterocycles. The average Bonchev–Trinajstić information content (AvgIpc) is 2.30. The number of aromatic carboxylic acids is 1. The van der Waals surface area contributed by atoms with Gasteiger partial charge in [-0.05, 0) is 0 Å². The molecule has 1 amide bonds. The van der Waals surface area contributed by atoms with Gasteiger partial charge in [-0.1, -0.05) is 0 Å². The van der Waals surface area contributed by atoms with E-state index in [9.17, 15) is 29.6 Å². The van der Waals surface area contributed by atoms with E-state index in [0.29, 0.717) is 12.1 Å². The highest BCUT2D eigenvalue weighted by molar-refractivity contribution is 6.36. The van der Waals surface area contributed by atoms with Crippen molar-refractivity contribution in [3.63, 3.8) is 0 Å². The molecule has 10 nitrogen and oxygen atoms in total. The van der Waals surface area contributed by atoms with Gasteiger partial charge in [-0.25, -0.2) is 9.59 Å². The molecule has 0 fully saturated rings. The molecule has 0 radical (unpaired) electrons. The van der Waals surface area contributed by atoms with E-state index in [4.69, 9.17) is 10.2 Å². The van der Waals surface area contributed by atoms with Crippen LogP contribution in [0.5, 0.6) is 5.75 Å². The number of anilines is 1. The molecule has 0 bridgehead atoms. The van der Waals surface area contributed by atoms with Crippen molar-refractivity contribution in [2.45, 2.75) is 0 Å². The van der Waals surface area contributed by atoms with E-state index in [1.807, 2.05) is 0 Å². The minimum Gasteiger partial charge on any atom is -0.505 e. The summed E-state index contributed by atoms with van der Waals surface area (Å²) in [4.78, 5) is 41.6. The quantitative estimate of drug-likeness (QED) is 0.258. The fourth-order valence-electron chi connectivity index (χ4n) is 1.16. The van der Waals surface area contributed by atoms with E-state index in [1.165, 1.54) is 0 Å². The maximum absolute atomic E-state index is 10.9. The minimum atomic E-state index is -1.90. The number of carbonyl (C=O) groups is 3. The maximum Gasteiger partial charge on any atom is 0.394 e. The SMILES string of the molecule is O=C(O)C(=O)Nc1cc([N+](=O)[O-])cc(C(=O)O)c1O. The van der Waals surface area contributed by atoms with Crippen molar-refractivity contribution in [1.82, 2.24) is 0 Å². The molecular formula is C9H6N2O8. The largest absolute Gasteiger partial charge is 0.505 e. The van der Waals surface area contributed by atoms with E-state index in [-0.39, 0.29) is 0 Å². The van der Waals surface area contributed by atoms with Crippen molar-refractivity contribution in [2.24, 2.45) is 0 Å². The van der Waals surface area contributed by atoms with Gasteiger partial charge in [0.15, 0.2) is 5.75 Å². The predicted octanol–water partition coefficient (Wildman–Crippen LogP) is 0.0217. The van der Waals surface area contributed by atoms with Crippen LogP contribution in [0.4, 0.5) is 11.4 Å². The molecule has 0 saturated heterocycles. The number of nitro benzene ring substituents is 1. The van der Waals surface area contributed by atoms with Crippen LogP contribution >= 0.6 is 0 Å². The number of carboxylic acids is 2. The van der Waals surface area contributed by atoms with Gasteiger partial charge in [0.05, 0.1) is 10.6 Å². The summed E-state index contributed by atoms with van der Waals surface area (Å²) in [5.74, 6) is -6.13. The van der Waals surface area contributed by atoms with Crippen LogP contribution in [0.1, 0.15) is 10.4 Å². The van der Waals surface area contributed by atoms with Gasteiger partial charge < -0.3 is 20.6 Å². The molecule has 0 aliphatic carbocycles. The zero-order valence-electron chi connectivity index (χ0n) is 8.98. The molecule has 1 rings (SSSR count). The van der Waals surface area contributed by atoms with Gasteiger partial charge in [0.1, 0.15) is 5.56 Å². The Morgan fingerprint density at radius 2 is 1.79 bits per heavy atom. The second kappa shape index (κ2) is 5.00. The lowest BCUT2D eigenvalue weighted by molar-refractivity contribution is -0.384. The Balaban J connectivity index is 3.37. The maximum atomic E-state index is 10.9. The molecule has 0 aliphatic rings. The number of nitrogens with one attached hydrogen (secondary N) is 1. The lowest BCUT2D eigenvalue weighted by Crippen LogP contribution is -2.22. The summed E-state index contributed by atoms with van der Waals surface area (Å²) in [6.45, 7) is 0. The molecule has 0 heterocycles. The standard InChI is InChI=1S/C9H6N2O8/c12-6-4(8(14)15)1-3(11(18)19)2-5(6)10-7(13)9(16)17/h1-2,12H,(H,10,13)(H,14,15)(H,16,17). The number of carboxylic acid groups (broad SMARTS) is 2. The Bertz CT molecular complexity index is 594. The van der Waals surface area contributed by atoms with Crippen molar-refractivity contribution >= 4 is 29.2 Å². The van der Waals surface area contributed by atoms with Gasteiger partial charge in [-0.2, -0.15) is 0 Å². The summed E-state index contributed by atoms with van der Waals surface area (Å²) < 4.78 is 0. The molecule has 0 unspecified atom stereocenters. The number of benzene rings is 1. The Morgan fingerprint density at radius 1 is 1.21 bits per heavy atom. The molecule has 1 aromatic rings. The second-order valence-corrected chi connectivity index (χ2v) is 3.21. The molecule has 0 atom stereocenters. The second-order valence-electron chi connectivity index (χ2n) is 3.21.